The fourth-order valence-electron chi connectivity index (χ4n) is 3.56. The van der Waals surface area contributed by atoms with E-state index in [-0.39, 0.29) is 5.75 Å². The maximum Gasteiger partial charge on any atom is 0.374 e. The molecule has 0 radical (unpaired) electrons. The molecule has 174 valence electrons. The highest BCUT2D eigenvalue weighted by atomic mass is 79.9. The number of halogens is 2. The van der Waals surface area contributed by atoms with Gasteiger partial charge in [0.1, 0.15) is 0 Å². The monoisotopic (exact) mass is 596 g/mol. The van der Waals surface area contributed by atoms with E-state index in [0.717, 1.165) is 43.5 Å². The zero-order chi connectivity index (χ0) is 23.6. The standard InChI is InChI=1S/C23H22Br2N2O5S/c1-2-15(11-22-26-18-13-16(24)5-7-20(18)31-22)12-23-27(9-3-4-10-33(28,29)30)19-14-17(25)6-8-21(19)32-23/h5-8,11-14H,2-4,9-10H2,1H3,(H,28,29,30). The van der Waals surface area contributed by atoms with Crippen molar-refractivity contribution in [2.45, 2.75) is 32.7 Å². The van der Waals surface area contributed by atoms with Gasteiger partial charge in [-0.15, -0.1) is 0 Å². The molecule has 0 saturated carbocycles. The molecule has 4 rings (SSSR count). The summed E-state index contributed by atoms with van der Waals surface area (Å²) in [5.41, 5.74) is 3.48. The van der Waals surface area contributed by atoms with Gasteiger partial charge in [-0.3, -0.25) is 0 Å². The zero-order valence-corrected chi connectivity index (χ0v) is 21.8. The van der Waals surface area contributed by atoms with Gasteiger partial charge in [0.25, 0.3) is 5.52 Å². The van der Waals surface area contributed by atoms with E-state index in [1.54, 1.807) is 0 Å². The van der Waals surface area contributed by atoms with Gasteiger partial charge >= 0.3 is 5.89 Å². The van der Waals surface area contributed by atoms with Crippen molar-refractivity contribution in [3.8, 4) is 5.75 Å². The molecule has 33 heavy (non-hydrogen) atoms. The minimum atomic E-state index is -4.22. The predicted octanol–water partition coefficient (Wildman–Crippen LogP) is 5.71. The van der Waals surface area contributed by atoms with Gasteiger partial charge in [-0.05, 0) is 48.7 Å². The fraction of sp³-hybridized carbons (Fsp3) is 0.261. The molecule has 0 amide bonds. The minimum absolute atomic E-state index is 0.291. The van der Waals surface area contributed by atoms with Crippen molar-refractivity contribution >= 4 is 64.8 Å². The molecule has 1 aromatic heterocycles. The Hall–Kier alpha value is -2.14. The molecular weight excluding hydrogens is 576 g/mol. The van der Waals surface area contributed by atoms with Crippen LogP contribution in [0.15, 0.2) is 67.3 Å². The number of unbranched alkanes of at least 4 members (excludes halogenated alkanes) is 1. The van der Waals surface area contributed by atoms with Crippen LogP contribution in [0.2, 0.25) is 0 Å². The van der Waals surface area contributed by atoms with Gasteiger partial charge in [0.15, 0.2) is 18.2 Å². The van der Waals surface area contributed by atoms with Crippen LogP contribution in [0.4, 0.5) is 5.69 Å². The number of aromatic nitrogens is 1. The lowest BCUT2D eigenvalue weighted by Gasteiger charge is -2.04. The molecule has 0 aliphatic carbocycles. The Kier molecular flexibility index (Phi) is 7.28. The van der Waals surface area contributed by atoms with Crippen LogP contribution in [-0.4, -0.2) is 18.7 Å². The van der Waals surface area contributed by atoms with Gasteiger partial charge in [-0.25, -0.2) is 8.42 Å². The molecule has 0 saturated heterocycles. The van der Waals surface area contributed by atoms with E-state index in [1.807, 2.05) is 60.0 Å². The maximum atomic E-state index is 10.9. The maximum absolute atomic E-state index is 10.9. The smallest absolute Gasteiger partial charge is 0.374 e. The summed E-state index contributed by atoms with van der Waals surface area (Å²) < 4.78 is 48.7. The lowest BCUT2D eigenvalue weighted by atomic mass is 10.2. The van der Waals surface area contributed by atoms with Gasteiger partial charge in [-0.1, -0.05) is 38.8 Å². The van der Waals surface area contributed by atoms with Crippen molar-refractivity contribution in [3.05, 3.63) is 68.8 Å². The molecular formula is C23H22Br2N2O5S. The quantitative estimate of drug-likeness (QED) is 0.203. The number of benzene rings is 2. The topological polar surface area (TPSA) is 95.5 Å². The first kappa shape index (κ1) is 24.0. The van der Waals surface area contributed by atoms with Gasteiger partial charge in [0.2, 0.25) is 5.58 Å². The zero-order valence-electron chi connectivity index (χ0n) is 17.8. The molecule has 0 fully saturated rings. The number of anilines is 1. The minimum Gasteiger partial charge on any atom is -0.748 e. The second-order valence-electron chi connectivity index (χ2n) is 7.62. The summed E-state index contributed by atoms with van der Waals surface area (Å²) in [6.07, 6.45) is 5.45. The van der Waals surface area contributed by atoms with Gasteiger partial charge < -0.3 is 19.0 Å². The van der Waals surface area contributed by atoms with Crippen molar-refractivity contribution in [2.75, 3.05) is 11.1 Å². The SMILES string of the molecule is CCC(=Cc1oc2ccc(Br)cc2[n+]1CCCCS(=O)(=O)[O-])C=C1Nc2cc(Br)ccc2O1. The first-order chi connectivity index (χ1) is 15.7. The molecule has 3 aromatic rings. The number of hydrogen-bond donors (Lipinski definition) is 1. The molecule has 0 unspecified atom stereocenters. The summed E-state index contributed by atoms with van der Waals surface area (Å²) in [7, 11) is -4.22. The number of hydrogen-bond acceptors (Lipinski definition) is 6. The molecule has 10 heteroatoms. The molecule has 2 heterocycles. The van der Waals surface area contributed by atoms with Crippen LogP contribution in [-0.2, 0) is 16.7 Å². The van der Waals surface area contributed by atoms with Crippen molar-refractivity contribution in [3.63, 3.8) is 0 Å². The summed E-state index contributed by atoms with van der Waals surface area (Å²) >= 11 is 6.96. The van der Waals surface area contributed by atoms with Crippen LogP contribution >= 0.6 is 31.9 Å². The Morgan fingerprint density at radius 2 is 1.91 bits per heavy atom. The Labute approximate surface area is 209 Å². The first-order valence-corrected chi connectivity index (χ1v) is 13.6. The molecule has 1 aliphatic heterocycles. The van der Waals surface area contributed by atoms with Gasteiger partial charge in [-0.2, -0.15) is 4.57 Å². The van der Waals surface area contributed by atoms with E-state index < -0.39 is 10.1 Å². The predicted molar refractivity (Wildman–Crippen MR) is 133 cm³/mol. The molecule has 7 nitrogen and oxygen atoms in total. The van der Waals surface area contributed by atoms with Crippen LogP contribution in [0.1, 0.15) is 32.1 Å². The van der Waals surface area contributed by atoms with Crippen molar-refractivity contribution in [1.29, 1.82) is 0 Å². The number of oxazole rings is 1. The third kappa shape index (κ3) is 6.06. The van der Waals surface area contributed by atoms with Crippen LogP contribution in [0, 0.1) is 0 Å². The van der Waals surface area contributed by atoms with E-state index in [1.165, 1.54) is 0 Å². The van der Waals surface area contributed by atoms with Gasteiger partial charge in [0, 0.05) is 33.3 Å². The number of nitrogens with zero attached hydrogens (tertiary/aromatic N) is 1. The van der Waals surface area contributed by atoms with E-state index in [4.69, 9.17) is 9.15 Å². The number of fused-ring (bicyclic) bond motifs is 2. The number of allylic oxidation sites excluding steroid dienone is 2. The Balaban J connectivity index is 1.63. The summed E-state index contributed by atoms with van der Waals surface area (Å²) in [6.45, 7) is 2.57. The molecule has 0 atom stereocenters. The van der Waals surface area contributed by atoms with Crippen molar-refractivity contribution in [2.24, 2.45) is 0 Å². The molecule has 0 bridgehead atoms. The fourth-order valence-corrected chi connectivity index (χ4v) is 4.83. The lowest BCUT2D eigenvalue weighted by Crippen LogP contribution is -2.35. The molecule has 2 aromatic carbocycles. The van der Waals surface area contributed by atoms with E-state index in [2.05, 4.69) is 37.2 Å². The molecule has 1 N–H and O–H groups in total. The lowest BCUT2D eigenvalue weighted by molar-refractivity contribution is -0.678. The Morgan fingerprint density at radius 3 is 2.67 bits per heavy atom. The van der Waals surface area contributed by atoms with Crippen molar-refractivity contribution in [1.82, 2.24) is 0 Å². The first-order valence-electron chi connectivity index (χ1n) is 10.4. The average Bonchev–Trinajstić information content (AvgIpc) is 3.29. The summed E-state index contributed by atoms with van der Waals surface area (Å²) in [4.78, 5) is 0. The van der Waals surface area contributed by atoms with Crippen molar-refractivity contribution < 1.29 is 26.7 Å². The molecule has 1 aliphatic rings. The highest BCUT2D eigenvalue weighted by Gasteiger charge is 2.22. The van der Waals surface area contributed by atoms with Crippen LogP contribution < -0.4 is 14.6 Å². The number of aryl methyl sites for hydroxylation is 1. The Bertz CT molecular complexity index is 1360. The highest BCUT2D eigenvalue weighted by molar-refractivity contribution is 9.10. The summed E-state index contributed by atoms with van der Waals surface area (Å²) in [6, 6.07) is 11.5. The summed E-state index contributed by atoms with van der Waals surface area (Å²) in [5, 5.41) is 3.27. The van der Waals surface area contributed by atoms with E-state index in [0.29, 0.717) is 31.2 Å². The largest absolute Gasteiger partial charge is 0.748 e. The van der Waals surface area contributed by atoms with Crippen LogP contribution in [0.5, 0.6) is 5.75 Å². The molecule has 0 spiro atoms. The van der Waals surface area contributed by atoms with E-state index >= 15 is 0 Å². The van der Waals surface area contributed by atoms with E-state index in [9.17, 15) is 13.0 Å². The van der Waals surface area contributed by atoms with Gasteiger partial charge in [0.05, 0.1) is 21.9 Å². The normalized spacial score (nSPS) is 15.0. The summed E-state index contributed by atoms with van der Waals surface area (Å²) in [5.74, 6) is 1.66. The number of ether oxygens (including phenoxy) is 1. The average molecular weight is 598 g/mol. The second kappa shape index (κ2) is 10.0. The van der Waals surface area contributed by atoms with Crippen LogP contribution in [0.3, 0.4) is 0 Å². The third-order valence-electron chi connectivity index (χ3n) is 5.17. The highest BCUT2D eigenvalue weighted by Crippen LogP contribution is 2.36. The third-order valence-corrected chi connectivity index (χ3v) is 6.95. The van der Waals surface area contributed by atoms with Crippen LogP contribution in [0.25, 0.3) is 17.2 Å². The number of nitrogens with one attached hydrogen (secondary N) is 1. The number of rotatable bonds is 8. The second-order valence-corrected chi connectivity index (χ2v) is 11.0. The Morgan fingerprint density at radius 1 is 1.15 bits per heavy atom.